The number of nitrogens with zero attached hydrogens (tertiary/aromatic N) is 2. The van der Waals surface area contributed by atoms with Gasteiger partial charge in [-0.2, -0.15) is 5.26 Å². The maximum absolute atomic E-state index is 9.24. The van der Waals surface area contributed by atoms with Crippen LogP contribution in [0.3, 0.4) is 0 Å². The standard InChI is InChI=1S/C15H24N2.C2H6/c1-4-6-7-14(3)12-17-10-8-15(5-2,13-16)9-11-17;1-2/h4,6-7H,5,8-12H2,1-3H3;1-2H3/b6-4-,14-7+;. The minimum Gasteiger partial charge on any atom is -0.299 e. The first kappa shape index (κ1) is 17.9. The summed E-state index contributed by atoms with van der Waals surface area (Å²) in [4.78, 5) is 2.46. The van der Waals surface area contributed by atoms with Gasteiger partial charge in [-0.05, 0) is 46.2 Å². The molecule has 0 amide bonds. The highest BCUT2D eigenvalue weighted by molar-refractivity contribution is 5.12. The largest absolute Gasteiger partial charge is 0.299 e. The summed E-state index contributed by atoms with van der Waals surface area (Å²) in [6, 6.07) is 2.52. The average molecular weight is 262 g/mol. The van der Waals surface area contributed by atoms with E-state index in [0.717, 1.165) is 38.9 Å². The van der Waals surface area contributed by atoms with Crippen LogP contribution in [0.5, 0.6) is 0 Å². The molecule has 0 saturated carbocycles. The summed E-state index contributed by atoms with van der Waals surface area (Å²) in [6.07, 6.45) is 9.35. The van der Waals surface area contributed by atoms with Crippen molar-refractivity contribution in [3.05, 3.63) is 23.8 Å². The highest BCUT2D eigenvalue weighted by atomic mass is 15.1. The van der Waals surface area contributed by atoms with E-state index in [1.165, 1.54) is 5.57 Å². The van der Waals surface area contributed by atoms with Crippen LogP contribution in [0, 0.1) is 16.7 Å². The summed E-state index contributed by atoms with van der Waals surface area (Å²) in [5.74, 6) is 0. The molecule has 0 unspecified atom stereocenters. The summed E-state index contributed by atoms with van der Waals surface area (Å²) in [6.45, 7) is 13.5. The first-order chi connectivity index (χ1) is 9.15. The van der Waals surface area contributed by atoms with Crippen LogP contribution in [0.2, 0.25) is 0 Å². The quantitative estimate of drug-likeness (QED) is 0.695. The third-order valence-electron chi connectivity index (χ3n) is 3.77. The third-order valence-corrected chi connectivity index (χ3v) is 3.77. The molecule has 0 radical (unpaired) electrons. The van der Waals surface area contributed by atoms with Gasteiger partial charge in [-0.25, -0.2) is 0 Å². The molecule has 1 aliphatic rings. The minimum absolute atomic E-state index is 0.0442. The fourth-order valence-electron chi connectivity index (χ4n) is 2.35. The fraction of sp³-hybridized carbons (Fsp3) is 0.706. The van der Waals surface area contributed by atoms with Crippen molar-refractivity contribution < 1.29 is 0 Å². The lowest BCUT2D eigenvalue weighted by molar-refractivity contribution is 0.151. The second-order valence-corrected chi connectivity index (χ2v) is 5.06. The number of nitriles is 1. The molecule has 19 heavy (non-hydrogen) atoms. The maximum Gasteiger partial charge on any atom is 0.0690 e. The van der Waals surface area contributed by atoms with E-state index < -0.39 is 0 Å². The van der Waals surface area contributed by atoms with Crippen molar-refractivity contribution in [2.24, 2.45) is 5.41 Å². The molecule has 0 aromatic carbocycles. The van der Waals surface area contributed by atoms with E-state index in [1.54, 1.807) is 0 Å². The molecular formula is C17H30N2. The average Bonchev–Trinajstić information content (AvgIpc) is 2.48. The fourth-order valence-corrected chi connectivity index (χ4v) is 2.35. The zero-order valence-corrected chi connectivity index (χ0v) is 13.4. The molecule has 1 fully saturated rings. The Morgan fingerprint density at radius 3 is 2.32 bits per heavy atom. The lowest BCUT2D eigenvalue weighted by Crippen LogP contribution is -2.39. The predicted molar refractivity (Wildman–Crippen MR) is 83.9 cm³/mol. The van der Waals surface area contributed by atoms with Gasteiger partial charge >= 0.3 is 0 Å². The molecule has 1 rings (SSSR count). The van der Waals surface area contributed by atoms with Crippen LogP contribution in [0.1, 0.15) is 53.9 Å². The third kappa shape index (κ3) is 6.07. The maximum atomic E-state index is 9.24. The molecule has 2 nitrogen and oxygen atoms in total. The number of allylic oxidation sites excluding steroid dienone is 3. The summed E-state index contributed by atoms with van der Waals surface area (Å²) in [7, 11) is 0. The van der Waals surface area contributed by atoms with Crippen LogP contribution in [0.15, 0.2) is 23.8 Å². The molecule has 1 aliphatic heterocycles. The molecule has 0 N–H and O–H groups in total. The summed E-state index contributed by atoms with van der Waals surface area (Å²) in [5, 5.41) is 9.24. The van der Waals surface area contributed by atoms with E-state index in [-0.39, 0.29) is 5.41 Å². The number of likely N-dealkylation sites (tertiary alicyclic amines) is 1. The van der Waals surface area contributed by atoms with E-state index in [2.05, 4.69) is 43.0 Å². The van der Waals surface area contributed by atoms with Crippen molar-refractivity contribution in [3.8, 4) is 6.07 Å². The topological polar surface area (TPSA) is 27.0 Å². The molecule has 1 saturated heterocycles. The van der Waals surface area contributed by atoms with Crippen LogP contribution in [-0.2, 0) is 0 Å². The molecule has 108 valence electrons. The van der Waals surface area contributed by atoms with Gasteiger partial charge in [-0.15, -0.1) is 0 Å². The van der Waals surface area contributed by atoms with E-state index in [0.29, 0.717) is 0 Å². The molecule has 0 bridgehead atoms. The normalized spacial score (nSPS) is 19.7. The van der Waals surface area contributed by atoms with Gasteiger partial charge in [0, 0.05) is 6.54 Å². The monoisotopic (exact) mass is 262 g/mol. The van der Waals surface area contributed by atoms with E-state index in [1.807, 2.05) is 20.8 Å². The number of hydrogen-bond acceptors (Lipinski definition) is 2. The first-order valence-electron chi connectivity index (χ1n) is 7.58. The van der Waals surface area contributed by atoms with Gasteiger partial charge in [0.2, 0.25) is 0 Å². The van der Waals surface area contributed by atoms with Gasteiger partial charge in [0.15, 0.2) is 0 Å². The summed E-state index contributed by atoms with van der Waals surface area (Å²) >= 11 is 0. The van der Waals surface area contributed by atoms with Crippen molar-refractivity contribution in [2.75, 3.05) is 19.6 Å². The van der Waals surface area contributed by atoms with Gasteiger partial charge < -0.3 is 0 Å². The minimum atomic E-state index is -0.0442. The van der Waals surface area contributed by atoms with E-state index in [9.17, 15) is 5.26 Å². The van der Waals surface area contributed by atoms with E-state index >= 15 is 0 Å². The molecule has 0 aliphatic carbocycles. The Bertz CT molecular complexity index is 326. The lowest BCUT2D eigenvalue weighted by atomic mass is 9.77. The van der Waals surface area contributed by atoms with Crippen LogP contribution in [0.4, 0.5) is 0 Å². The lowest BCUT2D eigenvalue weighted by Gasteiger charge is -2.36. The predicted octanol–water partition coefficient (Wildman–Crippen LogP) is 4.55. The van der Waals surface area contributed by atoms with Crippen LogP contribution >= 0.6 is 0 Å². The smallest absolute Gasteiger partial charge is 0.0690 e. The molecule has 0 spiro atoms. The molecule has 0 atom stereocenters. The van der Waals surface area contributed by atoms with Gasteiger partial charge in [0.1, 0.15) is 0 Å². The zero-order chi connectivity index (χ0) is 14.7. The second kappa shape index (κ2) is 9.81. The van der Waals surface area contributed by atoms with Crippen molar-refractivity contribution in [2.45, 2.75) is 53.9 Å². The van der Waals surface area contributed by atoms with Gasteiger partial charge in [0.25, 0.3) is 0 Å². The highest BCUT2D eigenvalue weighted by Gasteiger charge is 2.32. The summed E-state index contributed by atoms with van der Waals surface area (Å²) < 4.78 is 0. The number of rotatable bonds is 4. The second-order valence-electron chi connectivity index (χ2n) is 5.06. The number of hydrogen-bond donors (Lipinski definition) is 0. The Morgan fingerprint density at radius 2 is 1.89 bits per heavy atom. The van der Waals surface area contributed by atoms with Gasteiger partial charge in [0.05, 0.1) is 11.5 Å². The first-order valence-corrected chi connectivity index (χ1v) is 7.58. The Kier molecular flexibility index (Phi) is 9.26. The summed E-state index contributed by atoms with van der Waals surface area (Å²) in [5.41, 5.74) is 1.35. The Morgan fingerprint density at radius 1 is 1.32 bits per heavy atom. The molecule has 1 heterocycles. The van der Waals surface area contributed by atoms with Crippen molar-refractivity contribution in [3.63, 3.8) is 0 Å². The SMILES string of the molecule is C/C=C\C=C(/C)CN1CCC(C#N)(CC)CC1.CC. The van der Waals surface area contributed by atoms with E-state index in [4.69, 9.17) is 0 Å². The Hall–Kier alpha value is -1.07. The van der Waals surface area contributed by atoms with Crippen LogP contribution in [0.25, 0.3) is 0 Å². The molecular weight excluding hydrogens is 232 g/mol. The highest BCUT2D eigenvalue weighted by Crippen LogP contribution is 2.33. The number of piperidine rings is 1. The van der Waals surface area contributed by atoms with Gasteiger partial charge in [-0.1, -0.05) is 44.6 Å². The zero-order valence-electron chi connectivity index (χ0n) is 13.4. The molecule has 0 aromatic rings. The van der Waals surface area contributed by atoms with Crippen LogP contribution < -0.4 is 0 Å². The Balaban J connectivity index is 0.00000154. The van der Waals surface area contributed by atoms with Crippen LogP contribution in [-0.4, -0.2) is 24.5 Å². The van der Waals surface area contributed by atoms with Crippen molar-refractivity contribution in [1.29, 1.82) is 5.26 Å². The Labute approximate surface area is 119 Å². The van der Waals surface area contributed by atoms with Crippen molar-refractivity contribution >= 4 is 0 Å². The van der Waals surface area contributed by atoms with Crippen molar-refractivity contribution in [1.82, 2.24) is 4.90 Å². The van der Waals surface area contributed by atoms with Gasteiger partial charge in [-0.3, -0.25) is 4.90 Å². The molecule has 2 heteroatoms. The molecule has 0 aromatic heterocycles.